The first-order valence-corrected chi connectivity index (χ1v) is 4.03. The largest absolute Gasteiger partial charge is 0.480 e. The minimum absolute atomic E-state index is 0. The lowest BCUT2D eigenvalue weighted by Crippen LogP contribution is -2.45. The van der Waals surface area contributed by atoms with Crippen molar-refractivity contribution >= 4 is 23.0 Å². The van der Waals surface area contributed by atoms with Gasteiger partial charge in [-0.2, -0.15) is 0 Å². The van der Waals surface area contributed by atoms with E-state index in [0.29, 0.717) is 0 Å². The number of aliphatic carboxylic acids is 1. The van der Waals surface area contributed by atoms with Crippen molar-refractivity contribution in [2.24, 2.45) is 0 Å². The fourth-order valence-electron chi connectivity index (χ4n) is 1.30. The highest BCUT2D eigenvalue weighted by Crippen LogP contribution is 2.00. The Morgan fingerprint density at radius 1 is 1.38 bits per heavy atom. The summed E-state index contributed by atoms with van der Waals surface area (Å²) in [6, 6.07) is 0. The maximum absolute atomic E-state index is 10.3. The molecule has 0 saturated carbocycles. The number of halogens is 1. The van der Waals surface area contributed by atoms with Gasteiger partial charge in [0.2, 0.25) is 0 Å². The first-order valence-electron chi connectivity index (χ1n) is 4.03. The third-order valence-electron chi connectivity index (χ3n) is 2.02. The molecule has 0 aromatic rings. The van der Waals surface area contributed by atoms with E-state index >= 15 is 0 Å². The van der Waals surface area contributed by atoms with E-state index in [9.17, 15) is 4.79 Å². The molecule has 0 bridgehead atoms. The van der Waals surface area contributed by atoms with Crippen molar-refractivity contribution in [3.8, 4) is 0 Å². The lowest BCUT2D eigenvalue weighted by molar-refractivity contribution is -0.138. The molecule has 1 aliphatic rings. The molecule has 0 spiro atoms. The molecule has 0 radical (unpaired) electrons. The van der Waals surface area contributed by atoms with Crippen molar-refractivity contribution in [1.29, 1.82) is 0 Å². The summed E-state index contributed by atoms with van der Waals surface area (Å²) in [4.78, 5) is 14.4. The molecule has 0 atom stereocenters. The molecule has 1 heterocycles. The fraction of sp³-hybridized carbons (Fsp3) is 0.625. The Morgan fingerprint density at radius 2 is 1.92 bits per heavy atom. The van der Waals surface area contributed by atoms with E-state index in [1.165, 1.54) is 0 Å². The van der Waals surface area contributed by atoms with Crippen molar-refractivity contribution in [3.05, 3.63) is 12.8 Å². The molecule has 1 aliphatic heterocycles. The van der Waals surface area contributed by atoms with Gasteiger partial charge in [-0.15, -0.1) is 17.0 Å². The highest BCUT2D eigenvalue weighted by atomic mass is 79.9. The lowest BCUT2D eigenvalue weighted by Gasteiger charge is -2.32. The summed E-state index contributed by atoms with van der Waals surface area (Å²) < 4.78 is 0. The molecule has 1 N–H and O–H groups in total. The van der Waals surface area contributed by atoms with E-state index in [1.807, 2.05) is 4.90 Å². The van der Waals surface area contributed by atoms with Gasteiger partial charge in [-0.1, -0.05) is 6.58 Å². The molecule has 1 rings (SSSR count). The number of carbonyl (C=O) groups is 1. The summed E-state index contributed by atoms with van der Waals surface area (Å²) in [7, 11) is 0. The van der Waals surface area contributed by atoms with E-state index in [-0.39, 0.29) is 23.5 Å². The standard InChI is InChI=1S/C8H14N2O2.BrH/c1-2-9-3-5-10(6-4-9)7-8(11)12;/h2H,1,3-7H2,(H,11,12);1H. The van der Waals surface area contributed by atoms with Crippen molar-refractivity contribution in [2.45, 2.75) is 0 Å². The summed E-state index contributed by atoms with van der Waals surface area (Å²) in [6.07, 6.45) is 1.80. The minimum Gasteiger partial charge on any atom is -0.480 e. The number of carboxylic acids is 1. The SMILES string of the molecule is Br.C=CN1CCN(CC(=O)O)CC1. The highest BCUT2D eigenvalue weighted by Gasteiger charge is 2.15. The van der Waals surface area contributed by atoms with Crippen LogP contribution in [0, 0.1) is 0 Å². The maximum atomic E-state index is 10.3. The smallest absolute Gasteiger partial charge is 0.317 e. The number of carboxylic acid groups (broad SMARTS) is 1. The topological polar surface area (TPSA) is 43.8 Å². The first-order chi connectivity index (χ1) is 5.72. The molecule has 0 aliphatic carbocycles. The van der Waals surface area contributed by atoms with Gasteiger partial charge in [0.25, 0.3) is 0 Å². The predicted octanol–water partition coefficient (Wildman–Crippen LogP) is 0.410. The Balaban J connectivity index is 0.00000144. The molecule has 0 aromatic carbocycles. The van der Waals surface area contributed by atoms with Crippen LogP contribution >= 0.6 is 17.0 Å². The summed E-state index contributed by atoms with van der Waals surface area (Å²) in [5.74, 6) is -0.748. The Kier molecular flexibility index (Phi) is 5.73. The molecule has 1 fully saturated rings. The Hall–Kier alpha value is -0.550. The van der Waals surface area contributed by atoms with Crippen molar-refractivity contribution < 1.29 is 9.90 Å². The number of hydrogen-bond donors (Lipinski definition) is 1. The quantitative estimate of drug-likeness (QED) is 0.789. The molecular weight excluding hydrogens is 236 g/mol. The van der Waals surface area contributed by atoms with E-state index in [0.717, 1.165) is 26.2 Å². The van der Waals surface area contributed by atoms with Crippen molar-refractivity contribution in [1.82, 2.24) is 9.80 Å². The summed E-state index contributed by atoms with van der Waals surface area (Å²) >= 11 is 0. The predicted molar refractivity (Wildman–Crippen MR) is 56.2 cm³/mol. The lowest BCUT2D eigenvalue weighted by atomic mass is 10.3. The van der Waals surface area contributed by atoms with Crippen LogP contribution in [0.1, 0.15) is 0 Å². The van der Waals surface area contributed by atoms with Gasteiger partial charge in [0.1, 0.15) is 0 Å². The van der Waals surface area contributed by atoms with Gasteiger partial charge in [0.05, 0.1) is 6.54 Å². The van der Waals surface area contributed by atoms with Gasteiger partial charge < -0.3 is 10.0 Å². The molecule has 1 saturated heterocycles. The van der Waals surface area contributed by atoms with Crippen LogP contribution in [-0.2, 0) is 4.79 Å². The van der Waals surface area contributed by atoms with Crippen LogP contribution in [0.2, 0.25) is 0 Å². The van der Waals surface area contributed by atoms with Crippen LogP contribution in [-0.4, -0.2) is 53.6 Å². The fourth-order valence-corrected chi connectivity index (χ4v) is 1.30. The average molecular weight is 251 g/mol. The number of rotatable bonds is 3. The Labute approximate surface area is 88.6 Å². The van der Waals surface area contributed by atoms with Gasteiger partial charge in [0, 0.05) is 26.2 Å². The van der Waals surface area contributed by atoms with Crippen molar-refractivity contribution in [2.75, 3.05) is 32.7 Å². The molecule has 0 amide bonds. The monoisotopic (exact) mass is 250 g/mol. The molecule has 5 heteroatoms. The highest BCUT2D eigenvalue weighted by molar-refractivity contribution is 8.93. The van der Waals surface area contributed by atoms with Crippen LogP contribution in [0.4, 0.5) is 0 Å². The Morgan fingerprint density at radius 3 is 2.31 bits per heavy atom. The zero-order valence-corrected chi connectivity index (χ0v) is 9.19. The molecule has 4 nitrogen and oxygen atoms in total. The van der Waals surface area contributed by atoms with Crippen LogP contribution < -0.4 is 0 Å². The molecular formula is C8H15BrN2O2. The summed E-state index contributed by atoms with van der Waals surface area (Å²) in [5.41, 5.74) is 0. The van der Waals surface area contributed by atoms with E-state index in [1.54, 1.807) is 6.20 Å². The van der Waals surface area contributed by atoms with Crippen LogP contribution in [0.25, 0.3) is 0 Å². The van der Waals surface area contributed by atoms with Gasteiger partial charge in [-0.25, -0.2) is 0 Å². The zero-order chi connectivity index (χ0) is 8.97. The van der Waals surface area contributed by atoms with E-state index < -0.39 is 5.97 Å². The Bertz CT molecular complexity index is 179. The molecule has 13 heavy (non-hydrogen) atoms. The average Bonchev–Trinajstić information content (AvgIpc) is 2.05. The number of nitrogens with zero attached hydrogens (tertiary/aromatic N) is 2. The second-order valence-electron chi connectivity index (χ2n) is 2.89. The first kappa shape index (κ1) is 12.4. The third kappa shape index (κ3) is 4.28. The van der Waals surface area contributed by atoms with E-state index in [4.69, 9.17) is 5.11 Å². The minimum atomic E-state index is -0.748. The van der Waals surface area contributed by atoms with Crippen LogP contribution in [0.5, 0.6) is 0 Å². The molecule has 0 unspecified atom stereocenters. The normalized spacial score (nSPS) is 17.7. The maximum Gasteiger partial charge on any atom is 0.317 e. The summed E-state index contributed by atoms with van der Waals surface area (Å²) in [6.45, 7) is 7.23. The van der Waals surface area contributed by atoms with E-state index in [2.05, 4.69) is 11.5 Å². The zero-order valence-electron chi connectivity index (χ0n) is 7.48. The third-order valence-corrected chi connectivity index (χ3v) is 2.02. The van der Waals surface area contributed by atoms with Gasteiger partial charge in [0.15, 0.2) is 0 Å². The van der Waals surface area contributed by atoms with Crippen molar-refractivity contribution in [3.63, 3.8) is 0 Å². The van der Waals surface area contributed by atoms with Gasteiger partial charge in [-0.05, 0) is 6.20 Å². The van der Waals surface area contributed by atoms with Crippen LogP contribution in [0.15, 0.2) is 12.8 Å². The number of piperazine rings is 1. The van der Waals surface area contributed by atoms with Gasteiger partial charge >= 0.3 is 5.97 Å². The second kappa shape index (κ2) is 5.99. The van der Waals surface area contributed by atoms with Gasteiger partial charge in [-0.3, -0.25) is 9.69 Å². The molecule has 0 aromatic heterocycles. The number of hydrogen-bond acceptors (Lipinski definition) is 3. The summed E-state index contributed by atoms with van der Waals surface area (Å²) in [5, 5.41) is 8.51. The van der Waals surface area contributed by atoms with Crippen LogP contribution in [0.3, 0.4) is 0 Å². The molecule has 76 valence electrons. The second-order valence-corrected chi connectivity index (χ2v) is 2.89.